The molecule has 2 N–H and O–H groups in total. The van der Waals surface area contributed by atoms with Gasteiger partial charge in [0.25, 0.3) is 5.56 Å². The highest BCUT2D eigenvalue weighted by Crippen LogP contribution is 2.42. The minimum Gasteiger partial charge on any atom is -0.437 e. The second-order valence-corrected chi connectivity index (χ2v) is 8.23. The molecule has 1 fully saturated rings. The molecule has 1 aliphatic carbocycles. The molecule has 2 aromatic carbocycles. The molecule has 2 aromatic heterocycles. The fourth-order valence-corrected chi connectivity index (χ4v) is 4.22. The van der Waals surface area contributed by atoms with Gasteiger partial charge in [-0.2, -0.15) is 13.2 Å². The second-order valence-electron chi connectivity index (χ2n) is 8.23. The van der Waals surface area contributed by atoms with E-state index in [2.05, 4.69) is 4.98 Å². The largest absolute Gasteiger partial charge is 0.437 e. The van der Waals surface area contributed by atoms with E-state index in [-0.39, 0.29) is 16.6 Å². The van der Waals surface area contributed by atoms with Crippen LogP contribution in [0, 0.1) is 0 Å². The van der Waals surface area contributed by atoms with Crippen molar-refractivity contribution in [1.29, 1.82) is 0 Å². The first-order chi connectivity index (χ1) is 15.3. The fourth-order valence-electron chi connectivity index (χ4n) is 4.22. The van der Waals surface area contributed by atoms with E-state index in [1.54, 1.807) is 24.3 Å². The van der Waals surface area contributed by atoms with Gasteiger partial charge in [0, 0.05) is 16.7 Å². The zero-order chi connectivity index (χ0) is 22.5. The summed E-state index contributed by atoms with van der Waals surface area (Å²) < 4.78 is 45.4. The summed E-state index contributed by atoms with van der Waals surface area (Å²) in [5.41, 5.74) is 8.09. The van der Waals surface area contributed by atoms with E-state index in [9.17, 15) is 18.0 Å². The summed E-state index contributed by atoms with van der Waals surface area (Å²) in [6.45, 7) is -1.42. The highest BCUT2D eigenvalue weighted by atomic mass is 19.4. The first kappa shape index (κ1) is 20.5. The lowest BCUT2D eigenvalue weighted by atomic mass is 9.72. The lowest BCUT2D eigenvalue weighted by Crippen LogP contribution is -2.43. The van der Waals surface area contributed by atoms with Crippen molar-refractivity contribution in [2.24, 2.45) is 5.73 Å². The van der Waals surface area contributed by atoms with Crippen LogP contribution in [-0.4, -0.2) is 15.7 Å². The Morgan fingerprint density at radius 3 is 2.31 bits per heavy atom. The maximum atomic E-state index is 13.0. The Kier molecular flexibility index (Phi) is 4.70. The zero-order valence-corrected chi connectivity index (χ0v) is 17.0. The molecule has 2 heterocycles. The number of benzene rings is 2. The topological polar surface area (TPSA) is 74.0 Å². The molecule has 5 rings (SSSR count). The molecule has 0 radical (unpaired) electrons. The number of furan rings is 1. The van der Waals surface area contributed by atoms with Gasteiger partial charge in [0.1, 0.15) is 24.0 Å². The van der Waals surface area contributed by atoms with Gasteiger partial charge in [-0.05, 0) is 30.4 Å². The highest BCUT2D eigenvalue weighted by Gasteiger charge is 2.34. The molecule has 32 heavy (non-hydrogen) atoms. The Morgan fingerprint density at radius 1 is 1.03 bits per heavy atom. The third-order valence-corrected chi connectivity index (χ3v) is 6.06. The maximum Gasteiger partial charge on any atom is 0.406 e. The molecule has 1 aliphatic rings. The Morgan fingerprint density at radius 2 is 1.72 bits per heavy atom. The average molecular weight is 439 g/mol. The summed E-state index contributed by atoms with van der Waals surface area (Å²) in [6, 6.07) is 16.6. The summed E-state index contributed by atoms with van der Waals surface area (Å²) in [7, 11) is 0. The summed E-state index contributed by atoms with van der Waals surface area (Å²) in [5, 5.41) is 0.0244. The minimum atomic E-state index is -4.55. The van der Waals surface area contributed by atoms with Crippen molar-refractivity contribution in [2.75, 3.05) is 0 Å². The molecule has 0 atom stereocenters. The van der Waals surface area contributed by atoms with Crippen LogP contribution in [0.25, 0.3) is 33.6 Å². The van der Waals surface area contributed by atoms with Crippen LogP contribution in [0.5, 0.6) is 0 Å². The monoisotopic (exact) mass is 439 g/mol. The fraction of sp³-hybridized carbons (Fsp3) is 0.250. The van der Waals surface area contributed by atoms with Crippen LogP contribution < -0.4 is 11.3 Å². The van der Waals surface area contributed by atoms with E-state index in [1.165, 1.54) is 0 Å². The number of nitrogens with two attached hydrogens (primary N) is 1. The van der Waals surface area contributed by atoms with Crippen LogP contribution in [0.3, 0.4) is 0 Å². The van der Waals surface area contributed by atoms with Crippen molar-refractivity contribution in [3.63, 3.8) is 0 Å². The van der Waals surface area contributed by atoms with Crippen molar-refractivity contribution in [3.05, 3.63) is 76.8 Å². The molecule has 0 bridgehead atoms. The molecule has 0 unspecified atom stereocenters. The van der Waals surface area contributed by atoms with Crippen molar-refractivity contribution < 1.29 is 17.6 Å². The zero-order valence-electron chi connectivity index (χ0n) is 17.0. The average Bonchev–Trinajstić information content (AvgIpc) is 3.14. The quantitative estimate of drug-likeness (QED) is 0.473. The van der Waals surface area contributed by atoms with Crippen LogP contribution in [0.2, 0.25) is 0 Å². The van der Waals surface area contributed by atoms with Gasteiger partial charge >= 0.3 is 6.18 Å². The first-order valence-electron chi connectivity index (χ1n) is 10.3. The van der Waals surface area contributed by atoms with Gasteiger partial charge in [-0.25, -0.2) is 4.98 Å². The summed E-state index contributed by atoms with van der Waals surface area (Å²) in [6.07, 6.45) is -0.730. The first-order valence-corrected chi connectivity index (χ1v) is 10.3. The van der Waals surface area contributed by atoms with E-state index in [1.807, 2.05) is 30.3 Å². The molecule has 8 heteroatoms. The maximum absolute atomic E-state index is 13.0. The number of hydrogen-bond acceptors (Lipinski definition) is 4. The van der Waals surface area contributed by atoms with Gasteiger partial charge in [0.05, 0.1) is 0 Å². The molecule has 0 spiro atoms. The summed E-state index contributed by atoms with van der Waals surface area (Å²) in [5.74, 6) is 0.381. The van der Waals surface area contributed by atoms with E-state index in [4.69, 9.17) is 10.2 Å². The normalized spacial score (nSPS) is 15.6. The molecular weight excluding hydrogens is 419 g/mol. The SMILES string of the molecule is NC1(c2ccc(-c3oc4ncn(CC(F)(F)F)c(=O)c4c3-c3ccccc3)cc2)CCC1. The Labute approximate surface area is 181 Å². The van der Waals surface area contributed by atoms with E-state index in [0.29, 0.717) is 27.0 Å². The van der Waals surface area contributed by atoms with E-state index >= 15 is 0 Å². The van der Waals surface area contributed by atoms with Crippen molar-refractivity contribution in [1.82, 2.24) is 9.55 Å². The molecule has 164 valence electrons. The van der Waals surface area contributed by atoms with Crippen molar-refractivity contribution in [3.8, 4) is 22.5 Å². The number of halogens is 3. The molecule has 0 aliphatic heterocycles. The summed E-state index contributed by atoms with van der Waals surface area (Å²) in [4.78, 5) is 17.0. The van der Waals surface area contributed by atoms with Crippen molar-refractivity contribution >= 4 is 11.1 Å². The number of nitrogens with zero attached hydrogens (tertiary/aromatic N) is 2. The highest BCUT2D eigenvalue weighted by molar-refractivity contribution is 5.99. The molecular formula is C24H20F3N3O2. The summed E-state index contributed by atoms with van der Waals surface area (Å²) >= 11 is 0. The van der Waals surface area contributed by atoms with Gasteiger partial charge in [0.15, 0.2) is 0 Å². The van der Waals surface area contributed by atoms with Crippen LogP contribution in [0.4, 0.5) is 13.2 Å². The predicted octanol–water partition coefficient (Wildman–Crippen LogP) is 5.22. The minimum absolute atomic E-state index is 0.000595. The van der Waals surface area contributed by atoms with Crippen LogP contribution in [0.15, 0.2) is 70.1 Å². The Hall–Kier alpha value is -3.39. The standard InChI is InChI=1S/C24H20F3N3O2/c25-24(26,27)13-30-14-29-21-19(22(30)31)18(15-5-2-1-3-6-15)20(32-21)16-7-9-17(10-8-16)23(28)11-4-12-23/h1-3,5-10,14H,4,11-13,28H2. The van der Waals surface area contributed by atoms with Crippen LogP contribution in [0.1, 0.15) is 24.8 Å². The van der Waals surface area contributed by atoms with Gasteiger partial charge in [-0.1, -0.05) is 54.6 Å². The number of alkyl halides is 3. The van der Waals surface area contributed by atoms with Gasteiger partial charge in [0.2, 0.25) is 5.71 Å². The van der Waals surface area contributed by atoms with Crippen LogP contribution in [-0.2, 0) is 12.1 Å². The van der Waals surface area contributed by atoms with Crippen LogP contribution >= 0.6 is 0 Å². The number of aromatic nitrogens is 2. The second kappa shape index (κ2) is 7.34. The lowest BCUT2D eigenvalue weighted by molar-refractivity contribution is -0.141. The number of hydrogen-bond donors (Lipinski definition) is 1. The predicted molar refractivity (Wildman–Crippen MR) is 115 cm³/mol. The van der Waals surface area contributed by atoms with E-state index < -0.39 is 18.3 Å². The van der Waals surface area contributed by atoms with Gasteiger partial charge in [-0.15, -0.1) is 0 Å². The number of fused-ring (bicyclic) bond motifs is 1. The Bertz CT molecular complexity index is 1340. The number of rotatable bonds is 4. The lowest BCUT2D eigenvalue weighted by Gasteiger charge is -2.38. The van der Waals surface area contributed by atoms with Crippen molar-refractivity contribution in [2.45, 2.75) is 37.5 Å². The smallest absolute Gasteiger partial charge is 0.406 e. The molecule has 0 saturated heterocycles. The molecule has 0 amide bonds. The molecule has 1 saturated carbocycles. The third kappa shape index (κ3) is 3.50. The van der Waals surface area contributed by atoms with Gasteiger partial charge < -0.3 is 10.2 Å². The molecule has 4 aromatic rings. The van der Waals surface area contributed by atoms with Gasteiger partial charge in [-0.3, -0.25) is 9.36 Å². The third-order valence-electron chi connectivity index (χ3n) is 6.06. The molecule has 5 nitrogen and oxygen atoms in total. The van der Waals surface area contributed by atoms with E-state index in [0.717, 1.165) is 31.2 Å². The Balaban J connectivity index is 1.70.